The molecule has 0 aliphatic rings. The van der Waals surface area contributed by atoms with Crippen LogP contribution in [0.3, 0.4) is 0 Å². The topological polar surface area (TPSA) is 70.5 Å². The summed E-state index contributed by atoms with van der Waals surface area (Å²) < 4.78 is 4.97. The Morgan fingerprint density at radius 1 is 1.00 bits per heavy atom. The van der Waals surface area contributed by atoms with Gasteiger partial charge in [0.2, 0.25) is 0 Å². The van der Waals surface area contributed by atoms with E-state index in [2.05, 4.69) is 19.9 Å². The summed E-state index contributed by atoms with van der Waals surface area (Å²) in [5.41, 5.74) is 0. The van der Waals surface area contributed by atoms with Gasteiger partial charge in [-0.05, 0) is 12.1 Å². The van der Waals surface area contributed by atoms with Crippen LogP contribution in [0.15, 0.2) is 53.8 Å². The summed E-state index contributed by atoms with van der Waals surface area (Å²) in [4.78, 5) is 13.6. The highest BCUT2D eigenvalue weighted by Crippen LogP contribution is 2.08. The highest BCUT2D eigenvalue weighted by atomic mass is 16.3. The molecule has 0 aromatic carbocycles. The van der Waals surface area contributed by atoms with Crippen molar-refractivity contribution in [2.45, 2.75) is 0 Å². The molecule has 3 heterocycles. The van der Waals surface area contributed by atoms with Crippen LogP contribution in [0, 0.1) is 0 Å². The lowest BCUT2D eigenvalue weighted by Gasteiger charge is -1.83. The number of aromatic nitrogens is 4. The van der Waals surface area contributed by atoms with Crippen molar-refractivity contribution < 1.29 is 4.42 Å². The molecule has 0 atom stereocenters. The van der Waals surface area contributed by atoms with E-state index in [-0.39, 0.29) is 0 Å². The molecular weight excluding hydrogens is 192 g/mol. The molecule has 5 nitrogen and oxygen atoms in total. The van der Waals surface area contributed by atoms with Gasteiger partial charge in [0.05, 0.1) is 6.20 Å². The molecule has 0 spiro atoms. The van der Waals surface area contributed by atoms with E-state index in [1.807, 2.05) is 24.5 Å². The smallest absolute Gasteiger partial charge is 0.262 e. The average molecular weight is 202 g/mol. The van der Waals surface area contributed by atoms with Gasteiger partial charge in [0.25, 0.3) is 5.89 Å². The molecule has 0 amide bonds. The van der Waals surface area contributed by atoms with Gasteiger partial charge in [0.1, 0.15) is 6.26 Å². The third-order valence-corrected chi connectivity index (χ3v) is 1.63. The van der Waals surface area contributed by atoms with Crippen molar-refractivity contribution in [3.05, 3.63) is 49.4 Å². The Hall–Kier alpha value is -2.30. The summed E-state index contributed by atoms with van der Waals surface area (Å²) in [7, 11) is 0. The van der Waals surface area contributed by atoms with Crippen LogP contribution in [-0.2, 0) is 0 Å². The number of rotatable bonds is 1. The van der Waals surface area contributed by atoms with Gasteiger partial charge in [-0.3, -0.25) is 0 Å². The van der Waals surface area contributed by atoms with Crippen molar-refractivity contribution >= 4 is 0 Å². The van der Waals surface area contributed by atoms with Crippen LogP contribution >= 0.6 is 0 Å². The Kier molecular flexibility index (Phi) is 2.97. The van der Waals surface area contributed by atoms with Gasteiger partial charge in [-0.2, -0.15) is 0 Å². The van der Waals surface area contributed by atoms with Crippen molar-refractivity contribution in [1.82, 2.24) is 19.9 Å². The normalized spacial score (nSPS) is 9.33. The Morgan fingerprint density at radius 2 is 1.87 bits per heavy atom. The number of oxazole rings is 1. The van der Waals surface area contributed by atoms with Gasteiger partial charge < -0.3 is 14.4 Å². The van der Waals surface area contributed by atoms with Crippen molar-refractivity contribution in [3.63, 3.8) is 0 Å². The van der Waals surface area contributed by atoms with Crippen molar-refractivity contribution in [2.75, 3.05) is 0 Å². The number of hydrogen-bond donors (Lipinski definition) is 2. The lowest BCUT2D eigenvalue weighted by Crippen LogP contribution is -1.77. The first-order valence-electron chi connectivity index (χ1n) is 4.44. The van der Waals surface area contributed by atoms with Crippen LogP contribution in [-0.4, -0.2) is 19.9 Å². The lowest BCUT2D eigenvalue weighted by atomic mass is 10.6. The quantitative estimate of drug-likeness (QED) is 0.634. The van der Waals surface area contributed by atoms with Gasteiger partial charge in [-0.1, -0.05) is 0 Å². The van der Waals surface area contributed by atoms with E-state index in [4.69, 9.17) is 4.42 Å². The highest BCUT2D eigenvalue weighted by Gasteiger charge is 2.01. The molecule has 0 unspecified atom stereocenters. The zero-order chi connectivity index (χ0) is 10.3. The maximum Gasteiger partial charge on any atom is 0.262 e. The van der Waals surface area contributed by atoms with Crippen LogP contribution in [0.5, 0.6) is 0 Å². The number of imidazole rings is 1. The Balaban J connectivity index is 0.000000144. The third kappa shape index (κ3) is 2.57. The molecule has 0 aliphatic carbocycles. The van der Waals surface area contributed by atoms with Crippen molar-refractivity contribution in [1.29, 1.82) is 0 Å². The Morgan fingerprint density at radius 3 is 2.33 bits per heavy atom. The second-order valence-electron chi connectivity index (χ2n) is 2.66. The summed E-state index contributed by atoms with van der Waals surface area (Å²) in [5, 5.41) is 0. The van der Waals surface area contributed by atoms with Crippen molar-refractivity contribution in [3.8, 4) is 11.7 Å². The molecule has 0 saturated heterocycles. The van der Waals surface area contributed by atoms with Crippen molar-refractivity contribution in [2.24, 2.45) is 0 Å². The summed E-state index contributed by atoms with van der Waals surface area (Å²) in [6.07, 6.45) is 10.2. The fourth-order valence-electron chi connectivity index (χ4n) is 1.00. The van der Waals surface area contributed by atoms with Gasteiger partial charge in [0.15, 0.2) is 5.82 Å². The third-order valence-electron chi connectivity index (χ3n) is 1.63. The second kappa shape index (κ2) is 4.80. The molecule has 0 radical (unpaired) electrons. The summed E-state index contributed by atoms with van der Waals surface area (Å²) in [6.45, 7) is 0. The predicted octanol–water partition coefficient (Wildman–Crippen LogP) is 2.08. The van der Waals surface area contributed by atoms with E-state index in [1.54, 1.807) is 18.6 Å². The minimum Gasteiger partial charge on any atom is -0.442 e. The predicted molar refractivity (Wildman–Crippen MR) is 54.9 cm³/mol. The summed E-state index contributed by atoms with van der Waals surface area (Å²) in [5.74, 6) is 1.18. The summed E-state index contributed by atoms with van der Waals surface area (Å²) in [6, 6.07) is 3.89. The van der Waals surface area contributed by atoms with Crippen LogP contribution in [0.4, 0.5) is 0 Å². The molecule has 3 rings (SSSR count). The fourth-order valence-corrected chi connectivity index (χ4v) is 1.00. The zero-order valence-corrected chi connectivity index (χ0v) is 7.92. The fraction of sp³-hybridized carbons (Fsp3) is 0. The molecule has 3 aromatic heterocycles. The molecular formula is C10H10N4O. The number of nitrogens with zero attached hydrogens (tertiary/aromatic N) is 2. The first-order chi connectivity index (χ1) is 7.47. The van der Waals surface area contributed by atoms with E-state index in [0.717, 1.165) is 0 Å². The molecule has 5 heteroatoms. The van der Waals surface area contributed by atoms with Crippen LogP contribution < -0.4 is 0 Å². The van der Waals surface area contributed by atoms with Crippen LogP contribution in [0.2, 0.25) is 0 Å². The average Bonchev–Trinajstić information content (AvgIpc) is 3.06. The van der Waals surface area contributed by atoms with E-state index in [9.17, 15) is 0 Å². The Labute approximate surface area is 86.2 Å². The summed E-state index contributed by atoms with van der Waals surface area (Å²) >= 11 is 0. The van der Waals surface area contributed by atoms with Gasteiger partial charge >= 0.3 is 0 Å². The Bertz CT molecular complexity index is 392. The van der Waals surface area contributed by atoms with Crippen LogP contribution in [0.25, 0.3) is 11.7 Å². The largest absolute Gasteiger partial charge is 0.442 e. The van der Waals surface area contributed by atoms with E-state index >= 15 is 0 Å². The van der Waals surface area contributed by atoms with Gasteiger partial charge in [-0.15, -0.1) is 0 Å². The monoisotopic (exact) mass is 202 g/mol. The molecule has 15 heavy (non-hydrogen) atoms. The molecule has 0 saturated carbocycles. The number of hydrogen-bond acceptors (Lipinski definition) is 3. The van der Waals surface area contributed by atoms with Gasteiger partial charge in [-0.25, -0.2) is 9.97 Å². The number of aromatic amines is 2. The minimum absolute atomic E-state index is 0.519. The highest BCUT2D eigenvalue weighted by molar-refractivity contribution is 5.38. The first-order valence-corrected chi connectivity index (χ1v) is 4.44. The maximum absolute atomic E-state index is 4.97. The molecule has 0 bridgehead atoms. The van der Waals surface area contributed by atoms with E-state index in [1.165, 1.54) is 6.26 Å². The molecule has 0 aliphatic heterocycles. The zero-order valence-electron chi connectivity index (χ0n) is 7.92. The number of H-pyrrole nitrogens is 2. The molecule has 76 valence electrons. The standard InChI is InChI=1S/C6H5N3O.C4H5N/c1-2-8-5(7-1)6-9-3-4-10-6;1-2-4-5-3-1/h1-4H,(H,7,8);1-5H. The maximum atomic E-state index is 4.97. The molecule has 0 fully saturated rings. The lowest BCUT2D eigenvalue weighted by molar-refractivity contribution is 0.570. The first kappa shape index (κ1) is 9.26. The van der Waals surface area contributed by atoms with E-state index in [0.29, 0.717) is 11.7 Å². The van der Waals surface area contributed by atoms with E-state index < -0.39 is 0 Å². The second-order valence-corrected chi connectivity index (χ2v) is 2.66. The molecule has 3 aromatic rings. The van der Waals surface area contributed by atoms with Crippen LogP contribution in [0.1, 0.15) is 0 Å². The number of nitrogens with one attached hydrogen (secondary N) is 2. The minimum atomic E-state index is 0.519. The molecule has 2 N–H and O–H groups in total. The van der Waals surface area contributed by atoms with Gasteiger partial charge in [0, 0.05) is 24.8 Å². The SMILES string of the molecule is c1c[nH]c(-c2ncco2)n1.c1cc[nH]c1.